The number of hydrogen-bond acceptors (Lipinski definition) is 11. The number of nitrogens with two attached hydrogens (primary N) is 1. The van der Waals surface area contributed by atoms with Gasteiger partial charge in [-0.25, -0.2) is 33.4 Å². The molecule has 2 fully saturated rings. The van der Waals surface area contributed by atoms with Crippen LogP contribution in [0.3, 0.4) is 0 Å². The van der Waals surface area contributed by atoms with Crippen LogP contribution in [-0.2, 0) is 20.7 Å². The highest BCUT2D eigenvalue weighted by atomic mass is 32.2. The van der Waals surface area contributed by atoms with Crippen molar-refractivity contribution in [2.24, 2.45) is 0 Å². The summed E-state index contributed by atoms with van der Waals surface area (Å²) in [5.41, 5.74) is 8.36. The molecule has 12 nitrogen and oxygen atoms in total. The molecule has 4 aromatic rings. The minimum absolute atomic E-state index is 0.00715. The summed E-state index contributed by atoms with van der Waals surface area (Å²) >= 11 is -2.53. The smallest absolute Gasteiger partial charge is 0.219 e. The van der Waals surface area contributed by atoms with Gasteiger partial charge in [0.15, 0.2) is 5.82 Å². The first-order chi connectivity index (χ1) is 21.8. The number of anilines is 3. The number of alkyl halides is 1. The van der Waals surface area contributed by atoms with E-state index in [1.165, 1.54) is 6.07 Å². The molecule has 2 aromatic carbocycles. The number of nitrogens with one attached hydrogen (secondary N) is 1. The van der Waals surface area contributed by atoms with Crippen molar-refractivity contribution in [2.75, 3.05) is 68.1 Å². The van der Waals surface area contributed by atoms with Crippen LogP contribution in [0.2, 0.25) is 0 Å². The van der Waals surface area contributed by atoms with Crippen LogP contribution >= 0.6 is 0 Å². The molecular formula is C30H33F2N8O4S-. The SMILES string of the molecule is CC1COCCN1c1nc(-c2cnc(N)nc2)nc2c(N3CCOCC3)cc(-c3cccc(C(F)CCNS(=O)[O-])c3F)cc12. The third-order valence-corrected chi connectivity index (χ3v) is 8.42. The minimum atomic E-state index is -2.53. The van der Waals surface area contributed by atoms with Crippen LogP contribution in [0.1, 0.15) is 25.1 Å². The Kier molecular flexibility index (Phi) is 9.42. The average Bonchev–Trinajstić information content (AvgIpc) is 3.05. The number of nitrogen functional groups attached to an aromatic ring is 1. The lowest BCUT2D eigenvalue weighted by molar-refractivity contribution is 0.0987. The lowest BCUT2D eigenvalue weighted by Gasteiger charge is -2.36. The van der Waals surface area contributed by atoms with Crippen LogP contribution in [0.15, 0.2) is 42.7 Å². The molecule has 238 valence electrons. The van der Waals surface area contributed by atoms with Crippen molar-refractivity contribution >= 4 is 39.6 Å². The predicted molar refractivity (Wildman–Crippen MR) is 166 cm³/mol. The van der Waals surface area contributed by atoms with Gasteiger partial charge in [-0.1, -0.05) is 18.2 Å². The van der Waals surface area contributed by atoms with Gasteiger partial charge in [0.2, 0.25) is 5.95 Å². The molecule has 0 saturated carbocycles. The molecule has 4 heterocycles. The van der Waals surface area contributed by atoms with Crippen LogP contribution in [0.25, 0.3) is 33.4 Å². The molecule has 0 bridgehead atoms. The van der Waals surface area contributed by atoms with E-state index in [-0.39, 0.29) is 36.1 Å². The Bertz CT molecular complexity index is 1690. The molecule has 0 amide bonds. The number of aromatic nitrogens is 4. The van der Waals surface area contributed by atoms with Crippen LogP contribution in [0.5, 0.6) is 0 Å². The lowest BCUT2D eigenvalue weighted by Crippen LogP contribution is -2.44. The van der Waals surface area contributed by atoms with Gasteiger partial charge in [-0.15, -0.1) is 0 Å². The molecule has 2 aliphatic heterocycles. The molecule has 0 radical (unpaired) electrons. The van der Waals surface area contributed by atoms with E-state index in [2.05, 4.69) is 24.5 Å². The fourth-order valence-corrected chi connectivity index (χ4v) is 5.97. The summed E-state index contributed by atoms with van der Waals surface area (Å²) in [6.07, 6.45) is 1.24. The molecule has 3 atom stereocenters. The first-order valence-corrected chi connectivity index (χ1v) is 15.7. The van der Waals surface area contributed by atoms with E-state index in [9.17, 15) is 8.76 Å². The number of nitrogens with zero attached hydrogens (tertiary/aromatic N) is 6. The van der Waals surface area contributed by atoms with Gasteiger partial charge >= 0.3 is 0 Å². The van der Waals surface area contributed by atoms with E-state index < -0.39 is 23.3 Å². The Hall–Kier alpha value is -3.89. The van der Waals surface area contributed by atoms with Crippen molar-refractivity contribution in [2.45, 2.75) is 25.6 Å². The van der Waals surface area contributed by atoms with Crippen molar-refractivity contribution in [3.63, 3.8) is 0 Å². The van der Waals surface area contributed by atoms with Gasteiger partial charge in [0, 0.05) is 66.4 Å². The first kappa shape index (κ1) is 31.1. The van der Waals surface area contributed by atoms with E-state index in [4.69, 9.17) is 25.2 Å². The summed E-state index contributed by atoms with van der Waals surface area (Å²) in [4.78, 5) is 22.6. The zero-order chi connectivity index (χ0) is 31.5. The fourth-order valence-electron chi connectivity index (χ4n) is 5.68. The Morgan fingerprint density at radius 3 is 2.60 bits per heavy atom. The summed E-state index contributed by atoms with van der Waals surface area (Å²) in [5, 5.41) is 0.701. The van der Waals surface area contributed by atoms with E-state index in [1.54, 1.807) is 24.5 Å². The molecule has 0 aliphatic carbocycles. The number of fused-ring (bicyclic) bond motifs is 1. The summed E-state index contributed by atoms with van der Waals surface area (Å²) in [5.74, 6) is 0.491. The number of benzene rings is 2. The monoisotopic (exact) mass is 639 g/mol. The largest absolute Gasteiger partial charge is 0.760 e. The van der Waals surface area contributed by atoms with E-state index >= 15 is 8.78 Å². The predicted octanol–water partition coefficient (Wildman–Crippen LogP) is 3.32. The zero-order valence-electron chi connectivity index (χ0n) is 24.6. The lowest BCUT2D eigenvalue weighted by atomic mass is 9.96. The minimum Gasteiger partial charge on any atom is -0.760 e. The number of morpholine rings is 2. The van der Waals surface area contributed by atoms with E-state index in [0.717, 1.165) is 5.69 Å². The van der Waals surface area contributed by atoms with Crippen molar-refractivity contribution in [1.29, 1.82) is 0 Å². The Morgan fingerprint density at radius 2 is 1.87 bits per heavy atom. The zero-order valence-corrected chi connectivity index (χ0v) is 25.4. The highest BCUT2D eigenvalue weighted by Crippen LogP contribution is 2.40. The summed E-state index contributed by atoms with van der Waals surface area (Å²) < 4.78 is 66.4. The number of rotatable bonds is 9. The maximum Gasteiger partial charge on any atom is 0.219 e. The van der Waals surface area contributed by atoms with Crippen molar-refractivity contribution < 1.29 is 27.0 Å². The highest BCUT2D eigenvalue weighted by Gasteiger charge is 2.27. The molecule has 2 aliphatic rings. The van der Waals surface area contributed by atoms with E-state index in [1.807, 2.05) is 19.1 Å². The number of halogens is 2. The second kappa shape index (κ2) is 13.6. The van der Waals surface area contributed by atoms with E-state index in [0.29, 0.717) is 79.7 Å². The number of ether oxygens (including phenoxy) is 2. The standard InChI is InChI=1S/C30H34F2N8O4S/c1-18-17-44-12-9-40(18)29-23-13-19(21-3-2-4-22(26(21)32)24(31)5-6-36-45(41)42)14-25(39-7-10-43-11-8-39)27(23)37-28(38-29)20-15-34-30(33)35-16-20/h2-4,13-16,18,24,36H,5-12,17H2,1H3,(H,41,42)(H2,33,34,35)/p-1. The molecule has 6 rings (SSSR count). The molecule has 3 unspecified atom stereocenters. The summed E-state index contributed by atoms with van der Waals surface area (Å²) in [6.45, 7) is 5.70. The van der Waals surface area contributed by atoms with Gasteiger partial charge in [0.25, 0.3) is 0 Å². The van der Waals surface area contributed by atoms with Crippen molar-refractivity contribution in [3.05, 3.63) is 54.1 Å². The van der Waals surface area contributed by atoms with Crippen molar-refractivity contribution in [3.8, 4) is 22.5 Å². The van der Waals surface area contributed by atoms with Gasteiger partial charge < -0.3 is 29.6 Å². The Morgan fingerprint density at radius 1 is 1.11 bits per heavy atom. The second-order valence-electron chi connectivity index (χ2n) is 10.9. The van der Waals surface area contributed by atoms with Gasteiger partial charge in [-0.3, -0.25) is 4.21 Å². The summed E-state index contributed by atoms with van der Waals surface area (Å²) in [6, 6.07) is 8.30. The van der Waals surface area contributed by atoms with Crippen LogP contribution < -0.4 is 20.3 Å². The molecular weight excluding hydrogens is 606 g/mol. The molecule has 15 heteroatoms. The quantitative estimate of drug-likeness (QED) is 0.259. The highest BCUT2D eigenvalue weighted by molar-refractivity contribution is 7.77. The van der Waals surface area contributed by atoms with Crippen molar-refractivity contribution in [1.82, 2.24) is 24.7 Å². The van der Waals surface area contributed by atoms with Gasteiger partial charge in [-0.2, -0.15) is 0 Å². The van der Waals surface area contributed by atoms with Gasteiger partial charge in [-0.05, 0) is 31.0 Å². The topological polar surface area (TPSA) is 155 Å². The Balaban J connectivity index is 1.54. The maximum atomic E-state index is 16.1. The second-order valence-corrected chi connectivity index (χ2v) is 11.7. The van der Waals surface area contributed by atoms with Gasteiger partial charge in [0.1, 0.15) is 17.8 Å². The van der Waals surface area contributed by atoms with Gasteiger partial charge in [0.05, 0.1) is 49.2 Å². The third kappa shape index (κ3) is 6.72. The third-order valence-electron chi connectivity index (χ3n) is 7.98. The average molecular weight is 640 g/mol. The van der Waals surface area contributed by atoms with Crippen LogP contribution in [0.4, 0.5) is 26.2 Å². The molecule has 2 saturated heterocycles. The maximum absolute atomic E-state index is 16.1. The molecule has 0 spiro atoms. The van der Waals surface area contributed by atoms with Crippen LogP contribution in [-0.4, -0.2) is 87.3 Å². The molecule has 3 N–H and O–H groups in total. The molecule has 45 heavy (non-hydrogen) atoms. The summed E-state index contributed by atoms with van der Waals surface area (Å²) in [7, 11) is 0. The van der Waals surface area contributed by atoms with Crippen LogP contribution in [0, 0.1) is 5.82 Å². The Labute approximate surface area is 261 Å². The molecule has 2 aromatic heterocycles. The number of hydrogen-bond donors (Lipinski definition) is 2. The normalized spacial score (nSPS) is 18.7. The fraction of sp³-hybridized carbons (Fsp3) is 0.400. The first-order valence-electron chi connectivity index (χ1n) is 14.7.